The lowest BCUT2D eigenvalue weighted by Crippen LogP contribution is -2.37. The van der Waals surface area contributed by atoms with Gasteiger partial charge in [-0.25, -0.2) is 9.59 Å². The molecule has 0 saturated carbocycles. The Kier molecular flexibility index (Phi) is 18.0. The van der Waals surface area contributed by atoms with Crippen molar-refractivity contribution in [3.05, 3.63) is 47.7 Å². The van der Waals surface area contributed by atoms with Gasteiger partial charge in [-0.05, 0) is 0 Å². The molecule has 0 aliphatic carbocycles. The standard InChI is InChI=1S/C8H12O5.C8H10O5.C7H10O6.C7H8O6/c2*1-4-6(10)7(11)8(13-4)5(9)3-12-2;2*1-12-3(2-8)6-4(9)5(10)7(11)13-6/h5,8-11H,1,3H2,2H3;5,8-9H,1,3H2,2H3;3,6,8-10H,2H2,1H3;3,6,8H,2H2,1H3. The molecule has 0 aromatic rings. The second-order valence-corrected chi connectivity index (χ2v) is 10.4. The van der Waals surface area contributed by atoms with Crippen LogP contribution in [-0.2, 0) is 66.7 Å². The first-order chi connectivity index (χ1) is 24.4. The van der Waals surface area contributed by atoms with Gasteiger partial charge < -0.3 is 78.7 Å². The first-order valence-corrected chi connectivity index (χ1v) is 14.5. The summed E-state index contributed by atoms with van der Waals surface area (Å²) in [4.78, 5) is 65.0. The molecule has 292 valence electrons. The van der Waals surface area contributed by atoms with E-state index in [9.17, 15) is 44.1 Å². The quantitative estimate of drug-likeness (QED) is 0.0546. The summed E-state index contributed by atoms with van der Waals surface area (Å²) in [5, 5.41) is 72.5. The molecular formula is C30H40O22. The Balaban J connectivity index is 0.000000347. The molecule has 8 N–H and O–H groups in total. The zero-order valence-corrected chi connectivity index (χ0v) is 28.2. The second-order valence-electron chi connectivity index (χ2n) is 10.4. The normalized spacial score (nSPS) is 24.8. The number of ketones is 4. The molecule has 22 nitrogen and oxygen atoms in total. The van der Waals surface area contributed by atoms with E-state index in [1.807, 2.05) is 0 Å². The molecule has 52 heavy (non-hydrogen) atoms. The van der Waals surface area contributed by atoms with Gasteiger partial charge in [-0.2, -0.15) is 0 Å². The molecule has 0 aromatic carbocycles. The predicted molar refractivity (Wildman–Crippen MR) is 164 cm³/mol. The third-order valence-electron chi connectivity index (χ3n) is 6.91. The molecule has 4 heterocycles. The molecule has 2 saturated heterocycles. The minimum absolute atomic E-state index is 0.00921. The summed E-state index contributed by atoms with van der Waals surface area (Å²) in [6, 6.07) is 0. The number of Topliss-reactive ketones (excluding diaryl/α,β-unsaturated/α-hetero) is 4. The van der Waals surface area contributed by atoms with E-state index in [2.05, 4.69) is 36.8 Å². The van der Waals surface area contributed by atoms with E-state index in [1.54, 1.807) is 0 Å². The number of rotatable bonds is 12. The third kappa shape index (κ3) is 11.0. The summed E-state index contributed by atoms with van der Waals surface area (Å²) < 4.78 is 37.3. The van der Waals surface area contributed by atoms with Gasteiger partial charge in [0, 0.05) is 28.4 Å². The molecular weight excluding hydrogens is 712 g/mol. The van der Waals surface area contributed by atoms with Gasteiger partial charge in [0.15, 0.2) is 53.2 Å². The molecule has 2 fully saturated rings. The largest absolute Gasteiger partial charge is 0.505 e. The lowest BCUT2D eigenvalue weighted by atomic mass is 10.1. The lowest BCUT2D eigenvalue weighted by molar-refractivity contribution is -0.153. The molecule has 0 spiro atoms. The lowest BCUT2D eigenvalue weighted by Gasteiger charge is -2.18. The maximum Gasteiger partial charge on any atom is 0.383 e. The van der Waals surface area contributed by atoms with Crippen molar-refractivity contribution >= 4 is 35.1 Å². The van der Waals surface area contributed by atoms with Crippen LogP contribution in [0.3, 0.4) is 0 Å². The maximum absolute atomic E-state index is 11.1. The highest BCUT2D eigenvalue weighted by atomic mass is 16.6. The average Bonchev–Trinajstić information content (AvgIpc) is 3.73. The highest BCUT2D eigenvalue weighted by Crippen LogP contribution is 2.27. The van der Waals surface area contributed by atoms with Gasteiger partial charge in [0.25, 0.3) is 11.6 Å². The minimum Gasteiger partial charge on any atom is -0.505 e. The van der Waals surface area contributed by atoms with Crippen molar-refractivity contribution < 1.29 is 108 Å². The molecule has 4 aliphatic heterocycles. The topological polar surface area (TPSA) is 338 Å². The van der Waals surface area contributed by atoms with Gasteiger partial charge in [0.1, 0.15) is 24.4 Å². The van der Waals surface area contributed by atoms with Gasteiger partial charge in [-0.3, -0.25) is 19.2 Å². The number of esters is 2. The summed E-state index contributed by atoms with van der Waals surface area (Å²) >= 11 is 0. The average molecular weight is 753 g/mol. The molecule has 8 atom stereocenters. The van der Waals surface area contributed by atoms with Crippen molar-refractivity contribution in [1.29, 1.82) is 0 Å². The molecule has 0 aromatic heterocycles. The van der Waals surface area contributed by atoms with Crippen molar-refractivity contribution in [3.63, 3.8) is 0 Å². The number of hydrogen-bond donors (Lipinski definition) is 8. The molecule has 0 bridgehead atoms. The van der Waals surface area contributed by atoms with Crippen molar-refractivity contribution in [2.24, 2.45) is 0 Å². The molecule has 8 unspecified atom stereocenters. The SMILES string of the molecule is C=C1OC(C(O)COC)C(=O)C1=O.C=C1OC(C(O)COC)C(O)=C1O.COC(CO)C1OC(=O)C(=O)C1=O.COC(CO)C1OC(=O)C(O)=C1O. The fraction of sp³-hybridized carbons (Fsp3) is 0.533. The number of methoxy groups -OCH3 is 4. The van der Waals surface area contributed by atoms with Crippen molar-refractivity contribution in [3.8, 4) is 0 Å². The smallest absolute Gasteiger partial charge is 0.383 e. The number of hydrogen-bond acceptors (Lipinski definition) is 22. The van der Waals surface area contributed by atoms with E-state index in [4.69, 9.17) is 39.7 Å². The van der Waals surface area contributed by atoms with Crippen LogP contribution < -0.4 is 0 Å². The van der Waals surface area contributed by atoms with Gasteiger partial charge in [-0.1, -0.05) is 13.2 Å². The van der Waals surface area contributed by atoms with E-state index in [0.717, 1.165) is 0 Å². The van der Waals surface area contributed by atoms with Crippen LogP contribution in [0.2, 0.25) is 0 Å². The zero-order chi connectivity index (χ0) is 40.0. The van der Waals surface area contributed by atoms with E-state index in [0.29, 0.717) is 0 Å². The Hall–Kier alpha value is -4.94. The van der Waals surface area contributed by atoms with Crippen LogP contribution in [0, 0.1) is 0 Å². The number of allylic oxidation sites excluding steroid dienone is 1. The highest BCUT2D eigenvalue weighted by molar-refractivity contribution is 6.65. The van der Waals surface area contributed by atoms with Gasteiger partial charge >= 0.3 is 17.7 Å². The first kappa shape index (κ1) is 45.1. The molecule has 4 aliphatic rings. The monoisotopic (exact) mass is 752 g/mol. The van der Waals surface area contributed by atoms with Gasteiger partial charge in [-0.15, -0.1) is 0 Å². The Bertz CT molecular complexity index is 1400. The molecule has 22 heteroatoms. The van der Waals surface area contributed by atoms with E-state index < -0.39 is 120 Å². The summed E-state index contributed by atoms with van der Waals surface area (Å²) in [7, 11) is 5.31. The number of carbonyl (C=O) groups excluding carboxylic acids is 6. The first-order valence-electron chi connectivity index (χ1n) is 14.5. The van der Waals surface area contributed by atoms with Crippen LogP contribution >= 0.6 is 0 Å². The predicted octanol–water partition coefficient (Wildman–Crippen LogP) is -3.42. The summed E-state index contributed by atoms with van der Waals surface area (Å²) in [6.07, 6.45) is -8.53. The molecule has 0 amide bonds. The molecule has 4 rings (SSSR count). The molecule has 0 radical (unpaired) electrons. The number of cyclic esters (lactones) is 2. The van der Waals surface area contributed by atoms with Crippen molar-refractivity contribution in [1.82, 2.24) is 0 Å². The van der Waals surface area contributed by atoms with Crippen LogP contribution in [0.25, 0.3) is 0 Å². The van der Waals surface area contributed by atoms with Crippen molar-refractivity contribution in [2.75, 3.05) is 54.9 Å². The van der Waals surface area contributed by atoms with E-state index >= 15 is 0 Å². The van der Waals surface area contributed by atoms with Gasteiger partial charge in [0.05, 0.1) is 26.4 Å². The summed E-state index contributed by atoms with van der Waals surface area (Å²) in [6.45, 7) is 5.60. The van der Waals surface area contributed by atoms with E-state index in [1.165, 1.54) is 28.4 Å². The summed E-state index contributed by atoms with van der Waals surface area (Å²) in [5.41, 5.74) is 0. The number of ether oxygens (including phenoxy) is 8. The van der Waals surface area contributed by atoms with Crippen LogP contribution in [-0.4, -0.2) is 180 Å². The van der Waals surface area contributed by atoms with Crippen LogP contribution in [0.1, 0.15) is 0 Å². The van der Waals surface area contributed by atoms with Crippen molar-refractivity contribution in [2.45, 2.75) is 48.8 Å². The maximum atomic E-state index is 11.1. The van der Waals surface area contributed by atoms with Crippen LogP contribution in [0.15, 0.2) is 47.7 Å². The second kappa shape index (κ2) is 20.8. The fourth-order valence-corrected chi connectivity index (χ4v) is 4.10. The summed E-state index contributed by atoms with van der Waals surface area (Å²) in [5.74, 6) is -8.44. The zero-order valence-electron chi connectivity index (χ0n) is 28.2. The highest BCUT2D eigenvalue weighted by Gasteiger charge is 2.46. The Morgan fingerprint density at radius 2 is 1.00 bits per heavy atom. The minimum atomic E-state index is -1.30. The van der Waals surface area contributed by atoms with Crippen LogP contribution in [0.4, 0.5) is 0 Å². The number of carbonyl (C=O) groups is 6. The third-order valence-corrected chi connectivity index (χ3v) is 6.91. The number of aliphatic hydroxyl groups excluding tert-OH is 8. The Morgan fingerprint density at radius 1 is 0.577 bits per heavy atom. The fourth-order valence-electron chi connectivity index (χ4n) is 4.10. The Morgan fingerprint density at radius 3 is 1.33 bits per heavy atom. The Labute approximate surface area is 294 Å². The van der Waals surface area contributed by atoms with Gasteiger partial charge in [0.2, 0.25) is 11.5 Å². The van der Waals surface area contributed by atoms with E-state index in [-0.39, 0.29) is 24.7 Å². The van der Waals surface area contributed by atoms with Crippen LogP contribution in [0.5, 0.6) is 0 Å². The number of aliphatic hydroxyl groups is 8.